The lowest BCUT2D eigenvalue weighted by Crippen LogP contribution is -2.12. The first kappa shape index (κ1) is 15.2. The van der Waals surface area contributed by atoms with E-state index in [4.69, 9.17) is 16.1 Å². The van der Waals surface area contributed by atoms with Gasteiger partial charge < -0.3 is 9.84 Å². The van der Waals surface area contributed by atoms with E-state index >= 15 is 0 Å². The minimum Gasteiger partial charge on any atom is -0.339 e. The van der Waals surface area contributed by atoms with Crippen LogP contribution in [0.3, 0.4) is 0 Å². The molecule has 7 heteroatoms. The Balaban J connectivity index is 1.55. The number of nitrogens with zero attached hydrogens (tertiary/aromatic N) is 3. The van der Waals surface area contributed by atoms with Gasteiger partial charge in [-0.2, -0.15) is 4.98 Å². The Morgan fingerprint density at radius 2 is 2.04 bits per heavy atom. The number of nitrogens with one attached hydrogen (secondary N) is 1. The van der Waals surface area contributed by atoms with Gasteiger partial charge in [-0.15, -0.1) is 0 Å². The normalized spacial score (nSPS) is 10.5. The van der Waals surface area contributed by atoms with Crippen LogP contribution in [-0.4, -0.2) is 21.0 Å². The molecule has 0 spiro atoms. The van der Waals surface area contributed by atoms with Crippen LogP contribution >= 0.6 is 11.6 Å². The van der Waals surface area contributed by atoms with E-state index in [1.165, 1.54) is 0 Å². The van der Waals surface area contributed by atoms with Gasteiger partial charge in [0.25, 0.3) is 0 Å². The summed E-state index contributed by atoms with van der Waals surface area (Å²) in [5, 5.41) is 7.29. The summed E-state index contributed by atoms with van der Waals surface area (Å²) in [5.41, 5.74) is 1.47. The lowest BCUT2D eigenvalue weighted by atomic mass is 10.2. The molecule has 116 valence electrons. The fourth-order valence-corrected chi connectivity index (χ4v) is 2.07. The van der Waals surface area contributed by atoms with Gasteiger partial charge in [0.2, 0.25) is 17.6 Å². The molecule has 0 saturated carbocycles. The van der Waals surface area contributed by atoms with Crippen molar-refractivity contribution < 1.29 is 9.32 Å². The van der Waals surface area contributed by atoms with Crippen LogP contribution in [0.15, 0.2) is 53.3 Å². The first-order valence-corrected chi connectivity index (χ1v) is 7.37. The third kappa shape index (κ3) is 4.14. The van der Waals surface area contributed by atoms with Gasteiger partial charge in [-0.3, -0.25) is 9.78 Å². The molecule has 23 heavy (non-hydrogen) atoms. The summed E-state index contributed by atoms with van der Waals surface area (Å²) in [6.45, 7) is 0. The Hall–Kier alpha value is -2.73. The van der Waals surface area contributed by atoms with E-state index in [0.717, 1.165) is 5.56 Å². The average Bonchev–Trinajstić information content (AvgIpc) is 3.05. The standard InChI is InChI=1S/C16H13ClN4O2/c17-12-3-5-13(6-4-12)19-14(22)7-8-15-20-16(21-23-15)11-2-1-9-18-10-11/h1-6,9-10H,7-8H2,(H,19,22). The summed E-state index contributed by atoms with van der Waals surface area (Å²) in [7, 11) is 0. The SMILES string of the molecule is O=C(CCc1nc(-c2cccnc2)no1)Nc1ccc(Cl)cc1. The number of amides is 1. The predicted molar refractivity (Wildman–Crippen MR) is 85.9 cm³/mol. The Morgan fingerprint density at radius 1 is 1.22 bits per heavy atom. The van der Waals surface area contributed by atoms with Crippen LogP contribution in [-0.2, 0) is 11.2 Å². The maximum absolute atomic E-state index is 11.9. The first-order chi connectivity index (χ1) is 11.2. The van der Waals surface area contributed by atoms with Crippen LogP contribution in [0.25, 0.3) is 11.4 Å². The van der Waals surface area contributed by atoms with E-state index in [2.05, 4.69) is 20.4 Å². The van der Waals surface area contributed by atoms with E-state index in [9.17, 15) is 4.79 Å². The maximum Gasteiger partial charge on any atom is 0.227 e. The Morgan fingerprint density at radius 3 is 2.78 bits per heavy atom. The highest BCUT2D eigenvalue weighted by molar-refractivity contribution is 6.30. The van der Waals surface area contributed by atoms with Crippen LogP contribution in [0.2, 0.25) is 5.02 Å². The van der Waals surface area contributed by atoms with Gasteiger partial charge in [0, 0.05) is 41.5 Å². The summed E-state index contributed by atoms with van der Waals surface area (Å²) in [6, 6.07) is 10.6. The van der Waals surface area contributed by atoms with Crippen molar-refractivity contribution >= 4 is 23.2 Å². The fraction of sp³-hybridized carbons (Fsp3) is 0.125. The topological polar surface area (TPSA) is 80.9 Å². The smallest absolute Gasteiger partial charge is 0.227 e. The number of aromatic nitrogens is 3. The highest BCUT2D eigenvalue weighted by atomic mass is 35.5. The zero-order valence-corrected chi connectivity index (χ0v) is 12.8. The second-order valence-corrected chi connectivity index (χ2v) is 5.24. The monoisotopic (exact) mass is 328 g/mol. The molecule has 3 aromatic rings. The lowest BCUT2D eigenvalue weighted by Gasteiger charge is -2.03. The van der Waals surface area contributed by atoms with E-state index in [1.807, 2.05) is 6.07 Å². The van der Waals surface area contributed by atoms with Gasteiger partial charge in [-0.05, 0) is 36.4 Å². The summed E-state index contributed by atoms with van der Waals surface area (Å²) in [5.74, 6) is 0.745. The second-order valence-electron chi connectivity index (χ2n) is 4.81. The number of hydrogen-bond donors (Lipinski definition) is 1. The number of carbonyl (C=O) groups excluding carboxylic acids is 1. The fourth-order valence-electron chi connectivity index (χ4n) is 1.95. The number of rotatable bonds is 5. The lowest BCUT2D eigenvalue weighted by molar-refractivity contribution is -0.116. The molecule has 2 aromatic heterocycles. The van der Waals surface area contributed by atoms with Crippen molar-refractivity contribution in [3.8, 4) is 11.4 Å². The van der Waals surface area contributed by atoms with E-state index < -0.39 is 0 Å². The summed E-state index contributed by atoms with van der Waals surface area (Å²) in [4.78, 5) is 20.2. The van der Waals surface area contributed by atoms with Gasteiger partial charge in [0.05, 0.1) is 0 Å². The van der Waals surface area contributed by atoms with Crippen LogP contribution in [0.4, 0.5) is 5.69 Å². The predicted octanol–water partition coefficient (Wildman–Crippen LogP) is 3.36. The maximum atomic E-state index is 11.9. The Labute approximate surface area is 137 Å². The van der Waals surface area contributed by atoms with E-state index in [1.54, 1.807) is 42.7 Å². The molecule has 0 saturated heterocycles. The quantitative estimate of drug-likeness (QED) is 0.776. The molecule has 0 fully saturated rings. The number of benzene rings is 1. The minimum absolute atomic E-state index is 0.131. The minimum atomic E-state index is -0.131. The first-order valence-electron chi connectivity index (χ1n) is 6.99. The van der Waals surface area contributed by atoms with Crippen LogP contribution in [0, 0.1) is 0 Å². The van der Waals surface area contributed by atoms with Crippen LogP contribution in [0.5, 0.6) is 0 Å². The molecular weight excluding hydrogens is 316 g/mol. The third-order valence-electron chi connectivity index (χ3n) is 3.08. The zero-order valence-electron chi connectivity index (χ0n) is 12.1. The van der Waals surface area contributed by atoms with Crippen molar-refractivity contribution in [2.45, 2.75) is 12.8 Å². The van der Waals surface area contributed by atoms with Crippen molar-refractivity contribution in [3.05, 3.63) is 59.7 Å². The molecule has 2 heterocycles. The number of anilines is 1. The Bertz CT molecular complexity index is 787. The number of hydrogen-bond acceptors (Lipinski definition) is 5. The average molecular weight is 329 g/mol. The zero-order chi connectivity index (χ0) is 16.1. The van der Waals surface area contributed by atoms with Gasteiger partial charge in [-0.25, -0.2) is 0 Å². The summed E-state index contributed by atoms with van der Waals surface area (Å²) < 4.78 is 5.15. The number of halogens is 1. The molecule has 0 bridgehead atoms. The van der Waals surface area contributed by atoms with Crippen molar-refractivity contribution in [1.82, 2.24) is 15.1 Å². The van der Waals surface area contributed by atoms with Crippen molar-refractivity contribution in [2.24, 2.45) is 0 Å². The number of pyridine rings is 1. The Kier molecular flexibility index (Phi) is 4.63. The molecule has 0 unspecified atom stereocenters. The third-order valence-corrected chi connectivity index (χ3v) is 3.33. The molecule has 3 rings (SSSR count). The molecule has 0 aliphatic carbocycles. The highest BCUT2D eigenvalue weighted by Crippen LogP contribution is 2.16. The largest absolute Gasteiger partial charge is 0.339 e. The molecule has 0 atom stereocenters. The molecule has 1 amide bonds. The molecule has 1 N–H and O–H groups in total. The van der Waals surface area contributed by atoms with E-state index in [0.29, 0.717) is 28.8 Å². The van der Waals surface area contributed by atoms with Crippen molar-refractivity contribution in [1.29, 1.82) is 0 Å². The van der Waals surface area contributed by atoms with Crippen molar-refractivity contribution in [2.75, 3.05) is 5.32 Å². The van der Waals surface area contributed by atoms with Crippen LogP contribution < -0.4 is 5.32 Å². The van der Waals surface area contributed by atoms with Gasteiger partial charge in [0.15, 0.2) is 0 Å². The highest BCUT2D eigenvalue weighted by Gasteiger charge is 2.11. The van der Waals surface area contributed by atoms with Gasteiger partial charge in [0.1, 0.15) is 0 Å². The van der Waals surface area contributed by atoms with Gasteiger partial charge in [-0.1, -0.05) is 16.8 Å². The van der Waals surface area contributed by atoms with Crippen LogP contribution in [0.1, 0.15) is 12.3 Å². The number of carbonyl (C=O) groups is 1. The molecule has 6 nitrogen and oxygen atoms in total. The molecule has 0 aliphatic rings. The molecule has 0 aliphatic heterocycles. The molecular formula is C16H13ClN4O2. The van der Waals surface area contributed by atoms with Crippen molar-refractivity contribution in [3.63, 3.8) is 0 Å². The van der Waals surface area contributed by atoms with E-state index in [-0.39, 0.29) is 12.3 Å². The second kappa shape index (κ2) is 7.02. The van der Waals surface area contributed by atoms with Gasteiger partial charge >= 0.3 is 0 Å². The molecule has 1 aromatic carbocycles. The number of aryl methyl sites for hydroxylation is 1. The molecule has 0 radical (unpaired) electrons. The summed E-state index contributed by atoms with van der Waals surface area (Å²) >= 11 is 5.80. The summed E-state index contributed by atoms with van der Waals surface area (Å²) in [6.07, 6.45) is 3.94.